The fourth-order valence-electron chi connectivity index (χ4n) is 2.92. The van der Waals surface area contributed by atoms with Gasteiger partial charge in [0, 0.05) is 37.9 Å². The number of nitrogens with zero attached hydrogens (tertiary/aromatic N) is 3. The number of urea groups is 1. The molecule has 1 saturated heterocycles. The zero-order valence-electron chi connectivity index (χ0n) is 15.1. The molecule has 1 aromatic heterocycles. The maximum Gasteiger partial charge on any atom is 0.319 e. The molecule has 138 valence electrons. The van der Waals surface area contributed by atoms with E-state index in [1.165, 1.54) is 12.1 Å². The Hall–Kier alpha value is -2.83. The Balaban J connectivity index is 1.54. The SMILES string of the molecule is CC(C)NC(=O)Nc1ccc(N2CCN(c3ccc(F)cc3)CC2)nc1. The third-order valence-corrected chi connectivity index (χ3v) is 4.22. The van der Waals surface area contributed by atoms with Crippen LogP contribution in [0.2, 0.25) is 0 Å². The highest BCUT2D eigenvalue weighted by molar-refractivity contribution is 5.89. The monoisotopic (exact) mass is 357 g/mol. The van der Waals surface area contributed by atoms with E-state index in [1.54, 1.807) is 6.20 Å². The number of carbonyl (C=O) groups excluding carboxylic acids is 1. The summed E-state index contributed by atoms with van der Waals surface area (Å²) in [7, 11) is 0. The highest BCUT2D eigenvalue weighted by Gasteiger charge is 2.18. The van der Waals surface area contributed by atoms with Crippen LogP contribution in [0.4, 0.5) is 26.4 Å². The van der Waals surface area contributed by atoms with Crippen LogP contribution in [0.3, 0.4) is 0 Å². The summed E-state index contributed by atoms with van der Waals surface area (Å²) < 4.78 is 13.0. The van der Waals surface area contributed by atoms with E-state index in [1.807, 2.05) is 38.1 Å². The lowest BCUT2D eigenvalue weighted by molar-refractivity contribution is 0.250. The molecule has 0 radical (unpaired) electrons. The van der Waals surface area contributed by atoms with Gasteiger partial charge in [-0.25, -0.2) is 14.2 Å². The first-order chi connectivity index (χ1) is 12.5. The van der Waals surface area contributed by atoms with E-state index in [2.05, 4.69) is 25.4 Å². The average molecular weight is 357 g/mol. The van der Waals surface area contributed by atoms with Crippen LogP contribution in [0.5, 0.6) is 0 Å². The molecule has 0 atom stereocenters. The number of pyridine rings is 1. The summed E-state index contributed by atoms with van der Waals surface area (Å²) in [5, 5.41) is 5.54. The summed E-state index contributed by atoms with van der Waals surface area (Å²) in [5.41, 5.74) is 1.70. The van der Waals surface area contributed by atoms with Crippen LogP contribution in [-0.4, -0.2) is 43.2 Å². The Labute approximate surface area is 153 Å². The Bertz CT molecular complexity index is 725. The number of rotatable bonds is 4. The summed E-state index contributed by atoms with van der Waals surface area (Å²) in [6.45, 7) is 7.20. The topological polar surface area (TPSA) is 60.5 Å². The van der Waals surface area contributed by atoms with E-state index in [9.17, 15) is 9.18 Å². The molecule has 0 spiro atoms. The van der Waals surface area contributed by atoms with Gasteiger partial charge in [-0.3, -0.25) is 0 Å². The van der Waals surface area contributed by atoms with Crippen LogP contribution in [0, 0.1) is 5.82 Å². The lowest BCUT2D eigenvalue weighted by atomic mass is 10.2. The van der Waals surface area contributed by atoms with Gasteiger partial charge in [-0.15, -0.1) is 0 Å². The van der Waals surface area contributed by atoms with Crippen LogP contribution < -0.4 is 20.4 Å². The van der Waals surface area contributed by atoms with Crippen LogP contribution >= 0.6 is 0 Å². The maximum atomic E-state index is 13.0. The zero-order chi connectivity index (χ0) is 18.5. The molecule has 2 amide bonds. The predicted octanol–water partition coefficient (Wildman–Crippen LogP) is 3.08. The number of hydrogen-bond acceptors (Lipinski definition) is 4. The molecule has 1 aromatic carbocycles. The van der Waals surface area contributed by atoms with Gasteiger partial charge in [-0.2, -0.15) is 0 Å². The van der Waals surface area contributed by atoms with Crippen molar-refractivity contribution in [1.82, 2.24) is 10.3 Å². The second-order valence-electron chi connectivity index (χ2n) is 6.61. The van der Waals surface area contributed by atoms with E-state index in [-0.39, 0.29) is 17.9 Å². The molecule has 1 aliphatic heterocycles. The highest BCUT2D eigenvalue weighted by atomic mass is 19.1. The summed E-state index contributed by atoms with van der Waals surface area (Å²) in [6, 6.07) is 10.2. The first kappa shape index (κ1) is 18.0. The summed E-state index contributed by atoms with van der Waals surface area (Å²) in [4.78, 5) is 20.6. The number of aromatic nitrogens is 1. The van der Waals surface area contributed by atoms with E-state index in [0.717, 1.165) is 37.7 Å². The Morgan fingerprint density at radius 3 is 2.27 bits per heavy atom. The molecule has 0 bridgehead atoms. The van der Waals surface area contributed by atoms with Crippen molar-refractivity contribution in [1.29, 1.82) is 0 Å². The maximum absolute atomic E-state index is 13.0. The lowest BCUT2D eigenvalue weighted by Crippen LogP contribution is -2.46. The predicted molar refractivity (Wildman–Crippen MR) is 102 cm³/mol. The van der Waals surface area contributed by atoms with Gasteiger partial charge in [0.2, 0.25) is 0 Å². The molecule has 6 nitrogen and oxygen atoms in total. The van der Waals surface area contributed by atoms with Crippen molar-refractivity contribution >= 4 is 23.2 Å². The van der Waals surface area contributed by atoms with Crippen molar-refractivity contribution in [3.05, 3.63) is 48.4 Å². The summed E-state index contributed by atoms with van der Waals surface area (Å²) >= 11 is 0. The van der Waals surface area contributed by atoms with Gasteiger partial charge in [-0.05, 0) is 50.2 Å². The molecular weight excluding hydrogens is 333 g/mol. The molecule has 3 rings (SSSR count). The Kier molecular flexibility index (Phi) is 5.55. The number of nitrogens with one attached hydrogen (secondary N) is 2. The minimum absolute atomic E-state index is 0.0830. The summed E-state index contributed by atoms with van der Waals surface area (Å²) in [6.07, 6.45) is 1.67. The molecule has 26 heavy (non-hydrogen) atoms. The third-order valence-electron chi connectivity index (χ3n) is 4.22. The smallest absolute Gasteiger partial charge is 0.319 e. The van der Waals surface area contributed by atoms with Crippen molar-refractivity contribution in [2.75, 3.05) is 41.3 Å². The fourth-order valence-corrected chi connectivity index (χ4v) is 2.92. The number of piperazine rings is 1. The van der Waals surface area contributed by atoms with Gasteiger partial charge in [0.1, 0.15) is 11.6 Å². The van der Waals surface area contributed by atoms with Crippen molar-refractivity contribution in [2.45, 2.75) is 19.9 Å². The van der Waals surface area contributed by atoms with Gasteiger partial charge >= 0.3 is 6.03 Å². The van der Waals surface area contributed by atoms with Crippen molar-refractivity contribution < 1.29 is 9.18 Å². The standard InChI is InChI=1S/C19H24FN5O/c1-14(2)22-19(26)23-16-5-8-18(21-13-16)25-11-9-24(10-12-25)17-6-3-15(20)4-7-17/h3-8,13-14H,9-12H2,1-2H3,(H2,22,23,26). The number of amides is 2. The first-order valence-electron chi connectivity index (χ1n) is 8.80. The average Bonchev–Trinajstić information content (AvgIpc) is 2.62. The molecule has 1 aliphatic rings. The van der Waals surface area contributed by atoms with E-state index in [0.29, 0.717) is 5.69 Å². The molecule has 0 saturated carbocycles. The molecule has 2 aromatic rings. The number of anilines is 3. The number of benzene rings is 1. The molecule has 0 unspecified atom stereocenters. The quantitative estimate of drug-likeness (QED) is 0.883. The van der Waals surface area contributed by atoms with Gasteiger partial charge < -0.3 is 20.4 Å². The van der Waals surface area contributed by atoms with Crippen LogP contribution in [0.1, 0.15) is 13.8 Å². The van der Waals surface area contributed by atoms with Crippen LogP contribution in [0.15, 0.2) is 42.6 Å². The highest BCUT2D eigenvalue weighted by Crippen LogP contribution is 2.20. The molecule has 1 fully saturated rings. The third kappa shape index (κ3) is 4.62. The van der Waals surface area contributed by atoms with Crippen LogP contribution in [0.25, 0.3) is 0 Å². The molecule has 2 heterocycles. The minimum atomic E-state index is -0.234. The van der Waals surface area contributed by atoms with Gasteiger partial charge in [-0.1, -0.05) is 0 Å². The normalized spacial score (nSPS) is 14.5. The van der Waals surface area contributed by atoms with E-state index in [4.69, 9.17) is 0 Å². The molecule has 0 aliphatic carbocycles. The van der Waals surface area contributed by atoms with Gasteiger partial charge in [0.25, 0.3) is 0 Å². The molecule has 7 heteroatoms. The second kappa shape index (κ2) is 8.03. The van der Waals surface area contributed by atoms with E-state index < -0.39 is 0 Å². The summed E-state index contributed by atoms with van der Waals surface area (Å²) in [5.74, 6) is 0.672. The van der Waals surface area contributed by atoms with Crippen LogP contribution in [-0.2, 0) is 0 Å². The minimum Gasteiger partial charge on any atom is -0.368 e. The Morgan fingerprint density at radius 2 is 1.69 bits per heavy atom. The van der Waals surface area contributed by atoms with Gasteiger partial charge in [0.05, 0.1) is 11.9 Å². The van der Waals surface area contributed by atoms with Crippen molar-refractivity contribution in [3.8, 4) is 0 Å². The fraction of sp³-hybridized carbons (Fsp3) is 0.368. The zero-order valence-corrected chi connectivity index (χ0v) is 15.1. The van der Waals surface area contributed by atoms with E-state index >= 15 is 0 Å². The number of halogens is 1. The first-order valence-corrected chi connectivity index (χ1v) is 8.80. The largest absolute Gasteiger partial charge is 0.368 e. The second-order valence-corrected chi connectivity index (χ2v) is 6.61. The van der Waals surface area contributed by atoms with Gasteiger partial charge in [0.15, 0.2) is 0 Å². The molecular formula is C19H24FN5O. The number of hydrogen-bond donors (Lipinski definition) is 2. The lowest BCUT2D eigenvalue weighted by Gasteiger charge is -2.36. The van der Waals surface area contributed by atoms with Crippen molar-refractivity contribution in [3.63, 3.8) is 0 Å². The Morgan fingerprint density at radius 1 is 1.04 bits per heavy atom. The number of carbonyl (C=O) groups is 1. The van der Waals surface area contributed by atoms with Crippen molar-refractivity contribution in [2.24, 2.45) is 0 Å². The molecule has 2 N–H and O–H groups in total.